The summed E-state index contributed by atoms with van der Waals surface area (Å²) in [5.74, 6) is 0.108. The van der Waals surface area contributed by atoms with Crippen molar-refractivity contribution in [3.05, 3.63) is 42.2 Å². The van der Waals surface area contributed by atoms with E-state index in [1.807, 2.05) is 13.8 Å². The highest BCUT2D eigenvalue weighted by Gasteiger charge is 2.56. The quantitative estimate of drug-likeness (QED) is 0.294. The van der Waals surface area contributed by atoms with Crippen LogP contribution >= 0.6 is 0 Å². The number of sulfone groups is 1. The second-order valence-corrected chi connectivity index (χ2v) is 14.7. The Bertz CT molecular complexity index is 1690. The second-order valence-electron chi connectivity index (χ2n) is 12.4. The zero-order valence-electron chi connectivity index (χ0n) is 24.0. The van der Waals surface area contributed by atoms with Crippen LogP contribution in [0.1, 0.15) is 65.1 Å². The molecule has 4 aromatic rings. The monoisotopic (exact) mass is 583 g/mol. The van der Waals surface area contributed by atoms with Gasteiger partial charge in [0.15, 0.2) is 33.3 Å². The van der Waals surface area contributed by atoms with Crippen LogP contribution in [0.4, 0.5) is 5.82 Å². The Hall–Kier alpha value is -3.13. The predicted molar refractivity (Wildman–Crippen MR) is 154 cm³/mol. The van der Waals surface area contributed by atoms with Crippen molar-refractivity contribution in [1.29, 1.82) is 0 Å². The molecule has 5 heterocycles. The fraction of sp³-hybridized carbons (Fsp3) is 0.571. The van der Waals surface area contributed by atoms with Crippen molar-refractivity contribution in [3.63, 3.8) is 0 Å². The van der Waals surface area contributed by atoms with Gasteiger partial charge in [-0.2, -0.15) is 0 Å². The zero-order valence-corrected chi connectivity index (χ0v) is 24.8. The number of hydrogen-bond acceptors (Lipinski definition) is 10. The molecule has 1 unspecified atom stereocenters. The van der Waals surface area contributed by atoms with Crippen molar-refractivity contribution in [2.24, 2.45) is 0 Å². The third-order valence-corrected chi connectivity index (χ3v) is 9.47. The highest BCUT2D eigenvalue weighted by Crippen LogP contribution is 2.44. The van der Waals surface area contributed by atoms with Gasteiger partial charge in [0.2, 0.25) is 0 Å². The molecule has 0 amide bonds. The van der Waals surface area contributed by atoms with Crippen LogP contribution < -0.4 is 5.73 Å². The molecule has 2 aliphatic heterocycles. The molecule has 3 N–H and O–H groups in total. The number of aryl methyl sites for hydroxylation is 1. The van der Waals surface area contributed by atoms with Gasteiger partial charge in [-0.15, -0.1) is 0 Å². The smallest absolute Gasteiger partial charge is 0.167 e. The number of nitrogen functional groups attached to an aromatic ring is 1. The topological polar surface area (TPSA) is 160 Å². The number of nitrogens with zero attached hydrogens (tertiary/aromatic N) is 5. The average molecular weight is 584 g/mol. The molecule has 2 saturated heterocycles. The molecular formula is C28H37N7O5S. The second kappa shape index (κ2) is 10.0. The first kappa shape index (κ1) is 28.0. The molecule has 6 rings (SSSR count). The van der Waals surface area contributed by atoms with E-state index in [4.69, 9.17) is 24.9 Å². The molecule has 2 aliphatic rings. The number of aromatic amines is 1. The van der Waals surface area contributed by atoms with Crippen molar-refractivity contribution < 1.29 is 22.6 Å². The molecule has 0 radical (unpaired) electrons. The van der Waals surface area contributed by atoms with E-state index < -0.39 is 40.2 Å². The summed E-state index contributed by atoms with van der Waals surface area (Å²) in [5.41, 5.74) is 10.1. The van der Waals surface area contributed by atoms with E-state index in [0.29, 0.717) is 30.4 Å². The van der Waals surface area contributed by atoms with Crippen LogP contribution in [-0.4, -0.2) is 73.5 Å². The first-order chi connectivity index (χ1) is 19.3. The molecule has 13 heteroatoms. The predicted octanol–water partition coefficient (Wildman–Crippen LogP) is 3.44. The van der Waals surface area contributed by atoms with Crippen LogP contribution in [0.15, 0.2) is 30.9 Å². The number of aromatic nitrogens is 6. The van der Waals surface area contributed by atoms with Gasteiger partial charge in [0.05, 0.1) is 28.9 Å². The maximum absolute atomic E-state index is 13.2. The number of anilines is 1. The van der Waals surface area contributed by atoms with E-state index in [0.717, 1.165) is 16.9 Å². The molecule has 1 aromatic carbocycles. The number of nitrogens with two attached hydrogens (primary N) is 1. The first-order valence-electron chi connectivity index (χ1n) is 13.9. The van der Waals surface area contributed by atoms with E-state index in [9.17, 15) is 8.42 Å². The van der Waals surface area contributed by atoms with Crippen LogP contribution in [0, 0.1) is 0 Å². The normalized spacial score (nSPS) is 24.4. The fourth-order valence-corrected chi connectivity index (χ4v) is 7.24. The van der Waals surface area contributed by atoms with E-state index in [2.05, 4.69) is 58.9 Å². The lowest BCUT2D eigenvalue weighted by atomic mass is 9.87. The SMILES string of the molecule is CC1(C)O[C@@H]2[C@@H](CS(=O)(=O)CCCCc3nc4cc(C(C)(C)C)ccc4[nH]3)OC(n3cnc4c(N)ncnc43)[C@@H]2O1. The van der Waals surface area contributed by atoms with E-state index in [1.165, 1.54) is 11.9 Å². The maximum atomic E-state index is 13.2. The fourth-order valence-electron chi connectivity index (χ4n) is 5.67. The van der Waals surface area contributed by atoms with E-state index >= 15 is 0 Å². The van der Waals surface area contributed by atoms with Crippen molar-refractivity contribution in [1.82, 2.24) is 29.5 Å². The van der Waals surface area contributed by atoms with Gasteiger partial charge in [0.1, 0.15) is 36.0 Å². The number of nitrogens with one attached hydrogen (secondary N) is 1. The molecule has 4 atom stereocenters. The van der Waals surface area contributed by atoms with Crippen molar-refractivity contribution >= 4 is 37.9 Å². The summed E-state index contributed by atoms with van der Waals surface area (Å²) in [4.78, 5) is 20.7. The van der Waals surface area contributed by atoms with Crippen LogP contribution in [0.5, 0.6) is 0 Å². The summed E-state index contributed by atoms with van der Waals surface area (Å²) in [6, 6.07) is 6.30. The van der Waals surface area contributed by atoms with Gasteiger partial charge in [-0.3, -0.25) is 4.57 Å². The molecule has 0 saturated carbocycles. The van der Waals surface area contributed by atoms with E-state index in [-0.39, 0.29) is 22.7 Å². The standard InChI is InChI=1S/C28H37N7O5S/c1-27(2,3)16-9-10-17-18(12-16)34-20(33-17)8-6-7-11-41(36,37)13-19-22-23(40-28(4,5)39-22)26(38-19)35-15-32-21-24(29)30-14-31-25(21)35/h9-10,12,14-15,19,22-23,26H,6-8,11,13H2,1-5H3,(H,33,34)(H2,29,30,31)/t19-,22-,23-,26?/m1/s1. The lowest BCUT2D eigenvalue weighted by Gasteiger charge is -2.24. The molecule has 0 spiro atoms. The van der Waals surface area contributed by atoms with Gasteiger partial charge in [-0.05, 0) is 49.8 Å². The van der Waals surface area contributed by atoms with Gasteiger partial charge in [-0.25, -0.2) is 28.4 Å². The minimum Gasteiger partial charge on any atom is -0.382 e. The van der Waals surface area contributed by atoms with Crippen LogP contribution in [0.3, 0.4) is 0 Å². The number of ether oxygens (including phenoxy) is 3. The first-order valence-corrected chi connectivity index (χ1v) is 15.8. The number of imidazole rings is 2. The largest absolute Gasteiger partial charge is 0.382 e. The summed E-state index contributed by atoms with van der Waals surface area (Å²) in [6.07, 6.45) is 2.32. The number of H-pyrrole nitrogens is 1. The van der Waals surface area contributed by atoms with Gasteiger partial charge in [-0.1, -0.05) is 26.8 Å². The van der Waals surface area contributed by atoms with Gasteiger partial charge in [0, 0.05) is 6.42 Å². The lowest BCUT2D eigenvalue weighted by molar-refractivity contribution is -0.193. The third-order valence-electron chi connectivity index (χ3n) is 7.72. The number of rotatable bonds is 8. The molecule has 2 fully saturated rings. The third kappa shape index (κ3) is 5.55. The Morgan fingerprint density at radius 2 is 1.88 bits per heavy atom. The molecular weight excluding hydrogens is 546 g/mol. The maximum Gasteiger partial charge on any atom is 0.167 e. The van der Waals surface area contributed by atoms with Gasteiger partial charge in [0.25, 0.3) is 0 Å². The summed E-state index contributed by atoms with van der Waals surface area (Å²) in [5, 5.41) is 0. The summed E-state index contributed by atoms with van der Waals surface area (Å²) in [6.45, 7) is 10.1. The Morgan fingerprint density at radius 1 is 1.10 bits per heavy atom. The summed E-state index contributed by atoms with van der Waals surface area (Å²) in [7, 11) is -3.45. The minimum atomic E-state index is -3.45. The summed E-state index contributed by atoms with van der Waals surface area (Å²) >= 11 is 0. The average Bonchev–Trinajstić information content (AvgIpc) is 3.63. The highest BCUT2D eigenvalue weighted by molar-refractivity contribution is 7.91. The van der Waals surface area contributed by atoms with Crippen LogP contribution in [0.25, 0.3) is 22.2 Å². The molecule has 12 nitrogen and oxygen atoms in total. The Morgan fingerprint density at radius 3 is 2.66 bits per heavy atom. The van der Waals surface area contributed by atoms with Gasteiger partial charge >= 0.3 is 0 Å². The number of fused-ring (bicyclic) bond motifs is 3. The Labute approximate surface area is 238 Å². The van der Waals surface area contributed by atoms with Crippen LogP contribution in [-0.2, 0) is 35.9 Å². The highest BCUT2D eigenvalue weighted by atomic mass is 32.2. The number of benzene rings is 1. The van der Waals surface area contributed by atoms with Crippen molar-refractivity contribution in [3.8, 4) is 0 Å². The Kier molecular flexibility index (Phi) is 6.83. The van der Waals surface area contributed by atoms with Crippen LogP contribution in [0.2, 0.25) is 0 Å². The number of unbranched alkanes of at least 4 members (excludes halogenated alkanes) is 1. The Balaban J connectivity index is 1.10. The number of hydrogen-bond donors (Lipinski definition) is 2. The molecule has 3 aromatic heterocycles. The molecule has 41 heavy (non-hydrogen) atoms. The zero-order chi connectivity index (χ0) is 29.2. The molecule has 220 valence electrons. The van der Waals surface area contributed by atoms with Crippen molar-refractivity contribution in [2.75, 3.05) is 17.2 Å². The van der Waals surface area contributed by atoms with E-state index in [1.54, 1.807) is 10.9 Å². The summed E-state index contributed by atoms with van der Waals surface area (Å²) < 4.78 is 46.7. The van der Waals surface area contributed by atoms with Gasteiger partial charge < -0.3 is 24.9 Å². The minimum absolute atomic E-state index is 0.0467. The molecule has 0 aliphatic carbocycles. The van der Waals surface area contributed by atoms with Crippen molar-refractivity contribution in [2.45, 2.75) is 89.6 Å². The lowest BCUT2D eigenvalue weighted by Crippen LogP contribution is -2.35. The molecule has 0 bridgehead atoms.